The number of nitrogens with zero attached hydrogens (tertiary/aromatic N) is 1. The van der Waals surface area contributed by atoms with Gasteiger partial charge in [0, 0.05) is 16.7 Å². The Morgan fingerprint density at radius 2 is 1.64 bits per heavy atom. The number of isothiocyanates is 1. The van der Waals surface area contributed by atoms with Crippen molar-refractivity contribution in [2.45, 2.75) is 58.8 Å². The molecule has 0 N–H and O–H groups in total. The van der Waals surface area contributed by atoms with Crippen molar-refractivity contribution >= 4 is 23.1 Å². The predicted molar refractivity (Wildman–Crippen MR) is 150 cm³/mol. The van der Waals surface area contributed by atoms with Crippen LogP contribution in [0.25, 0.3) is 0 Å². The van der Waals surface area contributed by atoms with Crippen LogP contribution in [0.4, 0.5) is 23.2 Å². The van der Waals surface area contributed by atoms with Gasteiger partial charge in [0.15, 0.2) is 11.6 Å². The number of aliphatic imine (C=N–C) groups is 1. The fourth-order valence-corrected chi connectivity index (χ4v) is 5.00. The van der Waals surface area contributed by atoms with Crippen LogP contribution in [0.2, 0.25) is 0 Å². The number of aryl methyl sites for hydroxylation is 1. The van der Waals surface area contributed by atoms with Crippen molar-refractivity contribution in [1.82, 2.24) is 0 Å². The first-order chi connectivity index (χ1) is 18.8. The summed E-state index contributed by atoms with van der Waals surface area (Å²) in [6.07, 6.45) is 6.84. The SMILES string of the molecule is CCCCCC1CCc2c(cc(F)c(C#Cc3ccc(C#Cc4cc(F)c(N=C=S)c(F)c4)c(C)c3)c2F)C1. The Morgan fingerprint density at radius 3 is 2.33 bits per heavy atom. The number of unbranched alkanes of at least 4 members (excludes halogenated alkanes) is 2. The molecule has 0 spiro atoms. The van der Waals surface area contributed by atoms with Gasteiger partial charge in [-0.05, 0) is 97.4 Å². The van der Waals surface area contributed by atoms with E-state index in [1.165, 1.54) is 12.5 Å². The summed E-state index contributed by atoms with van der Waals surface area (Å²) in [7, 11) is 0. The van der Waals surface area contributed by atoms with Gasteiger partial charge in [0.2, 0.25) is 0 Å². The maximum absolute atomic E-state index is 15.3. The highest BCUT2D eigenvalue weighted by atomic mass is 32.1. The number of fused-ring (bicyclic) bond motifs is 1. The molecule has 3 aromatic carbocycles. The van der Waals surface area contributed by atoms with Crippen LogP contribution >= 0.6 is 12.2 Å². The molecule has 1 unspecified atom stereocenters. The summed E-state index contributed by atoms with van der Waals surface area (Å²) in [4.78, 5) is 3.38. The lowest BCUT2D eigenvalue weighted by Gasteiger charge is -2.25. The van der Waals surface area contributed by atoms with E-state index in [-0.39, 0.29) is 11.1 Å². The second-order valence-electron chi connectivity index (χ2n) is 9.81. The molecule has 0 aromatic heterocycles. The van der Waals surface area contributed by atoms with E-state index in [2.05, 4.69) is 47.8 Å². The first kappa shape index (κ1) is 28.3. The smallest absolute Gasteiger partial charge is 0.153 e. The first-order valence-corrected chi connectivity index (χ1v) is 13.4. The summed E-state index contributed by atoms with van der Waals surface area (Å²) in [6.45, 7) is 3.98. The van der Waals surface area contributed by atoms with Crippen LogP contribution in [-0.2, 0) is 12.8 Å². The summed E-state index contributed by atoms with van der Waals surface area (Å²) >= 11 is 4.40. The van der Waals surface area contributed by atoms with Crippen molar-refractivity contribution < 1.29 is 17.6 Å². The first-order valence-electron chi connectivity index (χ1n) is 13.0. The number of hydrogen-bond donors (Lipinski definition) is 0. The number of thiocarbonyl (C=S) groups is 1. The molecule has 0 radical (unpaired) electrons. The molecule has 0 aliphatic heterocycles. The van der Waals surface area contributed by atoms with Gasteiger partial charge in [-0.25, -0.2) is 17.6 Å². The second-order valence-corrected chi connectivity index (χ2v) is 9.99. The number of benzene rings is 3. The standard InChI is InChI=1S/C33H27F4NS/c1-3-4-5-6-22-9-13-27-26(16-22)19-29(34)28(32(27)37)14-10-23-7-11-25(21(2)15-23)12-8-24-17-30(35)33(38-20-39)31(36)18-24/h7,11,15,17-19,22H,3-6,9,13,16H2,1-2H3. The van der Waals surface area contributed by atoms with Crippen LogP contribution < -0.4 is 0 Å². The third kappa shape index (κ3) is 6.85. The maximum atomic E-state index is 15.3. The van der Waals surface area contributed by atoms with Gasteiger partial charge in [-0.15, -0.1) is 0 Å². The van der Waals surface area contributed by atoms with Gasteiger partial charge >= 0.3 is 0 Å². The van der Waals surface area contributed by atoms with E-state index in [9.17, 15) is 13.2 Å². The fourth-order valence-electron chi connectivity index (χ4n) is 4.91. The van der Waals surface area contributed by atoms with Crippen molar-refractivity contribution in [1.29, 1.82) is 0 Å². The molecule has 6 heteroatoms. The van der Waals surface area contributed by atoms with Crippen molar-refractivity contribution in [3.05, 3.63) is 98.6 Å². The fraction of sp³-hybridized carbons (Fsp3) is 0.303. The largest absolute Gasteiger partial charge is 0.206 e. The van der Waals surface area contributed by atoms with Crippen molar-refractivity contribution in [3.8, 4) is 23.7 Å². The molecule has 0 saturated carbocycles. The topological polar surface area (TPSA) is 12.4 Å². The van der Waals surface area contributed by atoms with Crippen molar-refractivity contribution in [2.75, 3.05) is 0 Å². The lowest BCUT2D eigenvalue weighted by molar-refractivity contribution is 0.399. The van der Waals surface area contributed by atoms with Gasteiger partial charge in [0.25, 0.3) is 0 Å². The van der Waals surface area contributed by atoms with Gasteiger partial charge in [-0.3, -0.25) is 0 Å². The third-order valence-corrected chi connectivity index (χ3v) is 7.10. The molecule has 1 nitrogen and oxygen atoms in total. The van der Waals surface area contributed by atoms with E-state index < -0.39 is 29.0 Å². The lowest BCUT2D eigenvalue weighted by Crippen LogP contribution is -2.17. The van der Waals surface area contributed by atoms with Crippen LogP contribution in [0, 0.1) is 59.8 Å². The molecule has 0 bridgehead atoms. The number of halogens is 4. The van der Waals surface area contributed by atoms with E-state index in [0.29, 0.717) is 35.4 Å². The van der Waals surface area contributed by atoms with E-state index >= 15 is 4.39 Å². The molecular formula is C33H27F4NS. The van der Waals surface area contributed by atoms with Crippen LogP contribution in [0.15, 0.2) is 41.4 Å². The minimum Gasteiger partial charge on any atom is -0.206 e. The zero-order chi connectivity index (χ0) is 27.9. The Morgan fingerprint density at radius 1 is 0.897 bits per heavy atom. The van der Waals surface area contributed by atoms with Crippen LogP contribution in [0.5, 0.6) is 0 Å². The van der Waals surface area contributed by atoms with Gasteiger partial charge in [0.05, 0.1) is 10.7 Å². The molecule has 1 aliphatic carbocycles. The molecule has 4 rings (SSSR count). The Labute approximate surface area is 232 Å². The Bertz CT molecular complexity index is 1560. The third-order valence-electron chi connectivity index (χ3n) is 7.01. The normalized spacial score (nSPS) is 13.8. The summed E-state index contributed by atoms with van der Waals surface area (Å²) in [6, 6.07) is 8.76. The van der Waals surface area contributed by atoms with Crippen molar-refractivity contribution in [3.63, 3.8) is 0 Å². The van der Waals surface area contributed by atoms with E-state index in [1.54, 1.807) is 18.2 Å². The van der Waals surface area contributed by atoms with Crippen LogP contribution in [0.1, 0.15) is 78.0 Å². The molecule has 0 fully saturated rings. The van der Waals surface area contributed by atoms with E-state index in [0.717, 1.165) is 48.9 Å². The number of rotatable bonds is 5. The monoisotopic (exact) mass is 545 g/mol. The highest BCUT2D eigenvalue weighted by molar-refractivity contribution is 7.78. The molecule has 198 valence electrons. The second kappa shape index (κ2) is 12.9. The van der Waals surface area contributed by atoms with Crippen molar-refractivity contribution in [2.24, 2.45) is 10.9 Å². The molecule has 1 aliphatic rings. The zero-order valence-electron chi connectivity index (χ0n) is 21.9. The minimum absolute atomic E-state index is 0.141. The van der Waals surface area contributed by atoms with Crippen LogP contribution in [-0.4, -0.2) is 5.16 Å². The highest BCUT2D eigenvalue weighted by Crippen LogP contribution is 2.33. The van der Waals surface area contributed by atoms with E-state index in [1.807, 2.05) is 12.1 Å². The van der Waals surface area contributed by atoms with Gasteiger partial charge < -0.3 is 0 Å². The minimum atomic E-state index is -0.882. The molecule has 0 saturated heterocycles. The quantitative estimate of drug-likeness (QED) is 0.103. The summed E-state index contributed by atoms with van der Waals surface area (Å²) in [5.41, 5.74) is 2.75. The lowest BCUT2D eigenvalue weighted by atomic mass is 9.80. The molecule has 1 atom stereocenters. The number of hydrogen-bond acceptors (Lipinski definition) is 2. The van der Waals surface area contributed by atoms with E-state index in [4.69, 9.17) is 0 Å². The van der Waals surface area contributed by atoms with Gasteiger partial charge in [0.1, 0.15) is 17.3 Å². The Balaban J connectivity index is 1.53. The maximum Gasteiger partial charge on any atom is 0.153 e. The average Bonchev–Trinajstić information content (AvgIpc) is 2.90. The van der Waals surface area contributed by atoms with Gasteiger partial charge in [-0.2, -0.15) is 4.99 Å². The molecular weight excluding hydrogens is 518 g/mol. The summed E-state index contributed by atoms with van der Waals surface area (Å²) < 4.78 is 58.2. The predicted octanol–water partition coefficient (Wildman–Crippen LogP) is 8.77. The zero-order valence-corrected chi connectivity index (χ0v) is 22.7. The Hall–Kier alpha value is -3.70. The highest BCUT2D eigenvalue weighted by Gasteiger charge is 2.24. The van der Waals surface area contributed by atoms with Crippen LogP contribution in [0.3, 0.4) is 0 Å². The van der Waals surface area contributed by atoms with Gasteiger partial charge in [-0.1, -0.05) is 56.3 Å². The molecule has 0 heterocycles. The summed E-state index contributed by atoms with van der Waals surface area (Å²) in [5.74, 6) is 8.72. The Kier molecular flexibility index (Phi) is 9.36. The molecule has 0 amide bonds. The molecule has 39 heavy (non-hydrogen) atoms. The molecule has 3 aromatic rings. The average molecular weight is 546 g/mol. The summed E-state index contributed by atoms with van der Waals surface area (Å²) in [5, 5.41) is 1.94.